The number of rotatable bonds is 0. The van der Waals surface area contributed by atoms with Crippen molar-refractivity contribution in [3.8, 4) is 0 Å². The van der Waals surface area contributed by atoms with Crippen LogP contribution in [-0.4, -0.2) is 31.7 Å². The second-order valence-corrected chi connectivity index (χ2v) is 3.79. The van der Waals surface area contributed by atoms with Crippen LogP contribution in [0, 0.1) is 5.92 Å². The predicted octanol–water partition coefficient (Wildman–Crippen LogP) is 1.17. The quantitative estimate of drug-likeness (QED) is 0.549. The maximum atomic E-state index is 5.61. The smallest absolute Gasteiger partial charge is 0.155 e. The van der Waals surface area contributed by atoms with Crippen LogP contribution in [0.3, 0.4) is 0 Å². The Kier molecular flexibility index (Phi) is 2.35. The SMILES string of the molecule is CC1OC[C@@H]2OC[C@H](C)C[C@H]2O1. The standard InChI is InChI=1S/C9H16O3/c1-6-3-8-9(11-4-6)5-10-7(2)12-8/h6-9H,3-5H2,1-2H3/t6-,7?,8-,9+/m1/s1. The van der Waals surface area contributed by atoms with Gasteiger partial charge in [0.25, 0.3) is 0 Å². The zero-order valence-corrected chi connectivity index (χ0v) is 7.66. The van der Waals surface area contributed by atoms with Crippen LogP contribution in [-0.2, 0) is 14.2 Å². The van der Waals surface area contributed by atoms with Crippen molar-refractivity contribution in [1.82, 2.24) is 0 Å². The fourth-order valence-corrected chi connectivity index (χ4v) is 1.83. The second kappa shape index (κ2) is 3.32. The molecule has 0 spiro atoms. The number of fused-ring (bicyclic) bond motifs is 1. The minimum atomic E-state index is -0.0554. The average molecular weight is 172 g/mol. The van der Waals surface area contributed by atoms with E-state index in [4.69, 9.17) is 14.2 Å². The van der Waals surface area contributed by atoms with Crippen LogP contribution < -0.4 is 0 Å². The van der Waals surface area contributed by atoms with Crippen LogP contribution in [0.5, 0.6) is 0 Å². The fraction of sp³-hybridized carbons (Fsp3) is 1.00. The van der Waals surface area contributed by atoms with E-state index >= 15 is 0 Å². The lowest BCUT2D eigenvalue weighted by Gasteiger charge is -2.40. The van der Waals surface area contributed by atoms with Gasteiger partial charge >= 0.3 is 0 Å². The van der Waals surface area contributed by atoms with E-state index in [9.17, 15) is 0 Å². The Morgan fingerprint density at radius 1 is 1.00 bits per heavy atom. The van der Waals surface area contributed by atoms with Crippen molar-refractivity contribution < 1.29 is 14.2 Å². The highest BCUT2D eigenvalue weighted by Crippen LogP contribution is 2.26. The molecule has 0 aliphatic carbocycles. The highest BCUT2D eigenvalue weighted by atomic mass is 16.7. The molecule has 12 heavy (non-hydrogen) atoms. The van der Waals surface area contributed by atoms with Crippen molar-refractivity contribution in [1.29, 1.82) is 0 Å². The summed E-state index contributed by atoms with van der Waals surface area (Å²) in [7, 11) is 0. The van der Waals surface area contributed by atoms with Crippen LogP contribution in [0.25, 0.3) is 0 Å². The van der Waals surface area contributed by atoms with E-state index in [2.05, 4.69) is 6.92 Å². The molecule has 0 N–H and O–H groups in total. The lowest BCUT2D eigenvalue weighted by atomic mass is 9.97. The van der Waals surface area contributed by atoms with Crippen molar-refractivity contribution in [3.63, 3.8) is 0 Å². The van der Waals surface area contributed by atoms with Crippen LogP contribution in [0.4, 0.5) is 0 Å². The lowest BCUT2D eigenvalue weighted by Crippen LogP contribution is -2.48. The van der Waals surface area contributed by atoms with Crippen molar-refractivity contribution in [2.75, 3.05) is 13.2 Å². The highest BCUT2D eigenvalue weighted by Gasteiger charge is 2.35. The maximum Gasteiger partial charge on any atom is 0.155 e. The number of hydrogen-bond acceptors (Lipinski definition) is 3. The first kappa shape index (κ1) is 8.48. The van der Waals surface area contributed by atoms with E-state index < -0.39 is 0 Å². The molecule has 2 rings (SSSR count). The largest absolute Gasteiger partial charge is 0.373 e. The van der Waals surface area contributed by atoms with Crippen molar-refractivity contribution >= 4 is 0 Å². The van der Waals surface area contributed by atoms with Gasteiger partial charge in [0.15, 0.2) is 6.29 Å². The molecule has 0 aromatic heterocycles. The summed E-state index contributed by atoms with van der Waals surface area (Å²) in [6.07, 6.45) is 1.49. The van der Waals surface area contributed by atoms with Crippen LogP contribution in [0.1, 0.15) is 20.3 Å². The average Bonchev–Trinajstić information content (AvgIpc) is 2.03. The molecule has 0 amide bonds. The lowest BCUT2D eigenvalue weighted by molar-refractivity contribution is -0.272. The number of ether oxygens (including phenoxy) is 3. The molecule has 2 saturated heterocycles. The van der Waals surface area contributed by atoms with Gasteiger partial charge in [0, 0.05) is 6.61 Å². The molecule has 2 fully saturated rings. The summed E-state index contributed by atoms with van der Waals surface area (Å²) in [4.78, 5) is 0. The Hall–Kier alpha value is -0.120. The molecule has 4 atom stereocenters. The summed E-state index contributed by atoms with van der Waals surface area (Å²) in [5.74, 6) is 0.622. The Labute approximate surface area is 73.0 Å². The van der Waals surface area contributed by atoms with Gasteiger partial charge in [0.05, 0.1) is 12.7 Å². The molecule has 1 unspecified atom stereocenters. The summed E-state index contributed by atoms with van der Waals surface area (Å²) < 4.78 is 16.5. The topological polar surface area (TPSA) is 27.7 Å². The zero-order valence-electron chi connectivity index (χ0n) is 7.66. The van der Waals surface area contributed by atoms with E-state index in [0.717, 1.165) is 13.0 Å². The molecule has 0 saturated carbocycles. The van der Waals surface area contributed by atoms with E-state index in [-0.39, 0.29) is 18.5 Å². The first-order chi connectivity index (χ1) is 5.75. The number of hydrogen-bond donors (Lipinski definition) is 0. The van der Waals surface area contributed by atoms with Crippen molar-refractivity contribution in [3.05, 3.63) is 0 Å². The first-order valence-electron chi connectivity index (χ1n) is 4.64. The van der Waals surface area contributed by atoms with E-state index in [1.165, 1.54) is 0 Å². The molecule has 2 heterocycles. The minimum Gasteiger partial charge on any atom is -0.373 e. The first-order valence-corrected chi connectivity index (χ1v) is 4.64. The van der Waals surface area contributed by atoms with Gasteiger partial charge in [-0.2, -0.15) is 0 Å². The van der Waals surface area contributed by atoms with Gasteiger partial charge in [-0.3, -0.25) is 0 Å². The highest BCUT2D eigenvalue weighted by molar-refractivity contribution is 4.80. The van der Waals surface area contributed by atoms with Gasteiger partial charge in [0.1, 0.15) is 6.10 Å². The molecule has 0 bridgehead atoms. The van der Waals surface area contributed by atoms with E-state index in [1.807, 2.05) is 6.92 Å². The van der Waals surface area contributed by atoms with Crippen molar-refractivity contribution in [2.24, 2.45) is 5.92 Å². The van der Waals surface area contributed by atoms with E-state index in [0.29, 0.717) is 12.5 Å². The predicted molar refractivity (Wildman–Crippen MR) is 43.8 cm³/mol. The summed E-state index contributed by atoms with van der Waals surface area (Å²) in [5.41, 5.74) is 0. The van der Waals surface area contributed by atoms with Crippen LogP contribution in [0.2, 0.25) is 0 Å². The summed E-state index contributed by atoms with van der Waals surface area (Å²) >= 11 is 0. The molecule has 3 nitrogen and oxygen atoms in total. The summed E-state index contributed by atoms with van der Waals surface area (Å²) in [5, 5.41) is 0. The molecule has 2 aliphatic heterocycles. The maximum absolute atomic E-state index is 5.61. The van der Waals surface area contributed by atoms with Gasteiger partial charge in [-0.05, 0) is 19.3 Å². The molecular formula is C9H16O3. The molecule has 3 heteroatoms. The zero-order chi connectivity index (χ0) is 8.55. The molecular weight excluding hydrogens is 156 g/mol. The van der Waals surface area contributed by atoms with E-state index in [1.54, 1.807) is 0 Å². The van der Waals surface area contributed by atoms with Crippen LogP contribution in [0.15, 0.2) is 0 Å². The molecule has 2 aliphatic rings. The van der Waals surface area contributed by atoms with Crippen molar-refractivity contribution in [2.45, 2.75) is 38.8 Å². The third-order valence-corrected chi connectivity index (χ3v) is 2.51. The Morgan fingerprint density at radius 2 is 1.83 bits per heavy atom. The Bertz CT molecular complexity index is 144. The molecule has 0 aromatic rings. The normalized spacial score (nSPS) is 48.5. The fourth-order valence-electron chi connectivity index (χ4n) is 1.83. The summed E-state index contributed by atoms with van der Waals surface area (Å²) in [6, 6.07) is 0. The summed E-state index contributed by atoms with van der Waals surface area (Å²) in [6.45, 7) is 5.68. The molecule has 0 aromatic carbocycles. The van der Waals surface area contributed by atoms with Gasteiger partial charge in [-0.1, -0.05) is 6.92 Å². The van der Waals surface area contributed by atoms with Gasteiger partial charge in [-0.25, -0.2) is 0 Å². The van der Waals surface area contributed by atoms with Gasteiger partial charge < -0.3 is 14.2 Å². The van der Waals surface area contributed by atoms with Crippen LogP contribution >= 0.6 is 0 Å². The van der Waals surface area contributed by atoms with Gasteiger partial charge in [-0.15, -0.1) is 0 Å². The Balaban J connectivity index is 1.94. The monoisotopic (exact) mass is 172 g/mol. The van der Waals surface area contributed by atoms with Gasteiger partial charge in [0.2, 0.25) is 0 Å². The Morgan fingerprint density at radius 3 is 2.67 bits per heavy atom. The third-order valence-electron chi connectivity index (χ3n) is 2.51. The third kappa shape index (κ3) is 1.63. The molecule has 0 radical (unpaired) electrons. The second-order valence-electron chi connectivity index (χ2n) is 3.79. The minimum absolute atomic E-state index is 0.0554. The molecule has 70 valence electrons.